The van der Waals surface area contributed by atoms with Gasteiger partial charge in [-0.05, 0) is 30.6 Å². The third-order valence-corrected chi connectivity index (χ3v) is 3.96. The molecule has 1 amide bonds. The minimum absolute atomic E-state index is 0.0524. The first-order chi connectivity index (χ1) is 8.56. The monoisotopic (exact) mass is 251 g/mol. The Balaban J connectivity index is 1.91. The van der Waals surface area contributed by atoms with E-state index < -0.39 is 0 Å². The Labute approximate surface area is 110 Å². The molecular weight excluding hydrogens is 226 g/mol. The van der Waals surface area contributed by atoms with E-state index in [4.69, 9.17) is 0 Å². The minimum Gasteiger partial charge on any atom is -0.344 e. The van der Waals surface area contributed by atoms with Crippen molar-refractivity contribution >= 4 is 11.9 Å². The summed E-state index contributed by atoms with van der Waals surface area (Å²) < 4.78 is 0. The summed E-state index contributed by atoms with van der Waals surface area (Å²) >= 11 is 0. The van der Waals surface area contributed by atoms with Crippen molar-refractivity contribution in [3.63, 3.8) is 0 Å². The van der Waals surface area contributed by atoms with Crippen LogP contribution in [0.5, 0.6) is 0 Å². The molecule has 0 aromatic heterocycles. The van der Waals surface area contributed by atoms with E-state index in [-0.39, 0.29) is 11.9 Å². The number of hydrogen-bond donors (Lipinski definition) is 2. The highest BCUT2D eigenvalue weighted by Gasteiger charge is 2.36. The number of guanidine groups is 1. The Hall–Kier alpha value is -1.06. The molecule has 0 radical (unpaired) electrons. The highest BCUT2D eigenvalue weighted by molar-refractivity contribution is 6.06. The molecule has 1 atom stereocenters. The van der Waals surface area contributed by atoms with E-state index in [9.17, 15) is 4.79 Å². The highest BCUT2D eigenvalue weighted by Crippen LogP contribution is 2.31. The number of nitrogens with one attached hydrogen (secondary N) is 2. The maximum atomic E-state index is 12.0. The molecule has 2 aliphatic rings. The summed E-state index contributed by atoms with van der Waals surface area (Å²) in [5.41, 5.74) is 0. The van der Waals surface area contributed by atoms with Gasteiger partial charge < -0.3 is 5.32 Å². The summed E-state index contributed by atoms with van der Waals surface area (Å²) in [5, 5.41) is 6.14. The van der Waals surface area contributed by atoms with Gasteiger partial charge >= 0.3 is 0 Å². The topological polar surface area (TPSA) is 53.5 Å². The van der Waals surface area contributed by atoms with E-state index in [0.29, 0.717) is 17.8 Å². The fraction of sp³-hybridized carbons (Fsp3) is 0.857. The first-order valence-corrected chi connectivity index (χ1v) is 7.18. The zero-order valence-corrected chi connectivity index (χ0v) is 11.7. The Morgan fingerprint density at radius 2 is 1.94 bits per heavy atom. The van der Waals surface area contributed by atoms with Gasteiger partial charge in [0.15, 0.2) is 5.96 Å². The molecular formula is C14H25N3O. The van der Waals surface area contributed by atoms with E-state index in [2.05, 4.69) is 36.4 Å². The van der Waals surface area contributed by atoms with Crippen LogP contribution in [-0.4, -0.2) is 24.5 Å². The van der Waals surface area contributed by atoms with Gasteiger partial charge in [-0.1, -0.05) is 33.6 Å². The van der Waals surface area contributed by atoms with Crippen LogP contribution in [0.1, 0.15) is 46.5 Å². The van der Waals surface area contributed by atoms with Gasteiger partial charge in [0.1, 0.15) is 6.04 Å². The summed E-state index contributed by atoms with van der Waals surface area (Å²) in [6.45, 7) is 7.31. The van der Waals surface area contributed by atoms with Gasteiger partial charge in [0, 0.05) is 6.54 Å². The Bertz CT molecular complexity index is 330. The third-order valence-electron chi connectivity index (χ3n) is 3.96. The maximum absolute atomic E-state index is 12.0. The van der Waals surface area contributed by atoms with Crippen molar-refractivity contribution in [3.8, 4) is 0 Å². The van der Waals surface area contributed by atoms with Crippen LogP contribution in [0.15, 0.2) is 4.99 Å². The van der Waals surface area contributed by atoms with Crippen LogP contribution in [-0.2, 0) is 4.79 Å². The number of carbonyl (C=O) groups is 1. The molecule has 0 aromatic rings. The fourth-order valence-electron chi connectivity index (χ4n) is 2.75. The molecule has 102 valence electrons. The van der Waals surface area contributed by atoms with Gasteiger partial charge in [0.05, 0.1) is 0 Å². The van der Waals surface area contributed by atoms with Crippen LogP contribution in [0, 0.1) is 17.8 Å². The van der Waals surface area contributed by atoms with Gasteiger partial charge in [-0.25, -0.2) is 0 Å². The van der Waals surface area contributed by atoms with Crippen molar-refractivity contribution in [1.29, 1.82) is 0 Å². The Morgan fingerprint density at radius 1 is 1.28 bits per heavy atom. The Kier molecular flexibility index (Phi) is 4.25. The molecule has 1 unspecified atom stereocenters. The largest absolute Gasteiger partial charge is 0.344 e. The molecule has 2 fully saturated rings. The predicted molar refractivity (Wildman–Crippen MR) is 73.3 cm³/mol. The quantitative estimate of drug-likeness (QED) is 0.805. The van der Waals surface area contributed by atoms with Crippen LogP contribution < -0.4 is 10.6 Å². The first kappa shape index (κ1) is 13.4. The molecule has 2 rings (SSSR count). The summed E-state index contributed by atoms with van der Waals surface area (Å²) in [7, 11) is 0. The smallest absolute Gasteiger partial charge is 0.249 e. The van der Waals surface area contributed by atoms with E-state index in [1.807, 2.05) is 0 Å². The van der Waals surface area contributed by atoms with E-state index in [1.165, 1.54) is 12.8 Å². The van der Waals surface area contributed by atoms with Crippen molar-refractivity contribution in [1.82, 2.24) is 10.6 Å². The number of hydrogen-bond acceptors (Lipinski definition) is 2. The van der Waals surface area contributed by atoms with Gasteiger partial charge in [-0.2, -0.15) is 0 Å². The van der Waals surface area contributed by atoms with Crippen LogP contribution in [0.2, 0.25) is 0 Å². The SMILES string of the molecule is CC(C)CN=C1NC(=O)C(C2CCC(C)CC2)N1. The second kappa shape index (κ2) is 5.72. The van der Waals surface area contributed by atoms with Crippen molar-refractivity contribution in [2.24, 2.45) is 22.7 Å². The molecule has 1 aliphatic heterocycles. The molecule has 1 saturated carbocycles. The molecule has 2 N–H and O–H groups in total. The van der Waals surface area contributed by atoms with Crippen molar-refractivity contribution in [2.45, 2.75) is 52.5 Å². The molecule has 18 heavy (non-hydrogen) atoms. The van der Waals surface area contributed by atoms with E-state index in [1.54, 1.807) is 0 Å². The number of aliphatic imine (C=N–C) groups is 1. The Morgan fingerprint density at radius 3 is 2.56 bits per heavy atom. The number of amides is 1. The van der Waals surface area contributed by atoms with Gasteiger partial charge in [0.25, 0.3) is 0 Å². The number of rotatable bonds is 3. The van der Waals surface area contributed by atoms with Gasteiger partial charge in [-0.3, -0.25) is 15.1 Å². The predicted octanol–water partition coefficient (Wildman–Crippen LogP) is 1.91. The minimum atomic E-state index is -0.0524. The second-order valence-corrected chi connectivity index (χ2v) is 6.21. The summed E-state index contributed by atoms with van der Waals surface area (Å²) in [6, 6.07) is -0.0524. The third kappa shape index (κ3) is 3.24. The zero-order valence-electron chi connectivity index (χ0n) is 11.7. The maximum Gasteiger partial charge on any atom is 0.249 e. The zero-order chi connectivity index (χ0) is 13.1. The van der Waals surface area contributed by atoms with E-state index in [0.717, 1.165) is 25.3 Å². The normalized spacial score (nSPS) is 34.8. The van der Waals surface area contributed by atoms with Crippen LogP contribution >= 0.6 is 0 Å². The van der Waals surface area contributed by atoms with Crippen LogP contribution in [0.3, 0.4) is 0 Å². The summed E-state index contributed by atoms with van der Waals surface area (Å²) in [5.74, 6) is 2.60. The summed E-state index contributed by atoms with van der Waals surface area (Å²) in [6.07, 6.45) is 4.80. The van der Waals surface area contributed by atoms with Gasteiger partial charge in [0.2, 0.25) is 5.91 Å². The molecule has 4 nitrogen and oxygen atoms in total. The lowest BCUT2D eigenvalue weighted by molar-refractivity contribution is -0.121. The average molecular weight is 251 g/mol. The van der Waals surface area contributed by atoms with Crippen LogP contribution in [0.25, 0.3) is 0 Å². The standard InChI is InChI=1S/C14H25N3O/c1-9(2)8-15-14-16-12(13(18)17-14)11-6-4-10(3)5-7-11/h9-12H,4-8H2,1-3H3,(H2,15,16,17,18). The fourth-order valence-corrected chi connectivity index (χ4v) is 2.75. The first-order valence-electron chi connectivity index (χ1n) is 7.18. The number of nitrogens with zero attached hydrogens (tertiary/aromatic N) is 1. The molecule has 0 spiro atoms. The van der Waals surface area contributed by atoms with Crippen molar-refractivity contribution in [3.05, 3.63) is 0 Å². The molecule has 0 aromatic carbocycles. The molecule has 0 bridgehead atoms. The number of carbonyl (C=O) groups excluding carboxylic acids is 1. The molecule has 1 heterocycles. The highest BCUT2D eigenvalue weighted by atomic mass is 16.2. The molecule has 1 saturated heterocycles. The van der Waals surface area contributed by atoms with Crippen LogP contribution in [0.4, 0.5) is 0 Å². The van der Waals surface area contributed by atoms with Crippen molar-refractivity contribution < 1.29 is 4.79 Å². The lowest BCUT2D eigenvalue weighted by atomic mass is 9.79. The van der Waals surface area contributed by atoms with Crippen molar-refractivity contribution in [2.75, 3.05) is 6.54 Å². The average Bonchev–Trinajstić information content (AvgIpc) is 2.69. The molecule has 4 heteroatoms. The lowest BCUT2D eigenvalue weighted by Gasteiger charge is -2.29. The second-order valence-electron chi connectivity index (χ2n) is 6.21. The molecule has 1 aliphatic carbocycles. The lowest BCUT2D eigenvalue weighted by Crippen LogP contribution is -2.38. The van der Waals surface area contributed by atoms with Gasteiger partial charge in [-0.15, -0.1) is 0 Å². The van der Waals surface area contributed by atoms with E-state index >= 15 is 0 Å². The summed E-state index contributed by atoms with van der Waals surface area (Å²) in [4.78, 5) is 16.4.